The summed E-state index contributed by atoms with van der Waals surface area (Å²) in [4.78, 5) is 41.5. The van der Waals surface area contributed by atoms with Crippen molar-refractivity contribution in [2.45, 2.75) is 104 Å². The van der Waals surface area contributed by atoms with Crippen LogP contribution < -0.4 is 18.9 Å². The highest BCUT2D eigenvalue weighted by Crippen LogP contribution is 2.30. The van der Waals surface area contributed by atoms with Crippen molar-refractivity contribution in [3.63, 3.8) is 0 Å². The lowest BCUT2D eigenvalue weighted by molar-refractivity contribution is 0.0167. The number of aryl methyl sites for hydroxylation is 1. The molecule has 308 valence electrons. The Labute approximate surface area is 333 Å². The van der Waals surface area contributed by atoms with Gasteiger partial charge in [-0.3, -0.25) is 4.79 Å². The molecule has 13 heteroatoms. The second kappa shape index (κ2) is 21.3. The molecule has 0 radical (unpaired) electrons. The standard InChI is InChI=1S/C21H31ClN2O5.C21H33NO4/c1-21(2,3)29-20(26)23-10-8-15(9-11-23)13-24(19(22)25)14-16-6-7-17(27-4)12-18(16)28-5;1-21(2,3)26-20(23)22-13-11-16(12-14-22)7-6-8-17-9-10-18(24-4)15-19(17)25-5/h6-7,12,15H,8-11,13-14H2,1-5H3;9-10,15-16H,6-8,11-14H2,1-5H3. The number of carbonyl (C=O) groups is 3. The maximum Gasteiger partial charge on any atom is 0.410 e. The molecule has 0 N–H and O–H groups in total. The lowest BCUT2D eigenvalue weighted by Crippen LogP contribution is -2.44. The molecule has 2 aromatic carbocycles. The van der Waals surface area contributed by atoms with Crippen molar-refractivity contribution in [2.75, 3.05) is 61.2 Å². The van der Waals surface area contributed by atoms with E-state index in [2.05, 4.69) is 6.07 Å². The van der Waals surface area contributed by atoms with Crippen molar-refractivity contribution in [3.8, 4) is 23.0 Å². The van der Waals surface area contributed by atoms with E-state index in [1.54, 1.807) is 44.3 Å². The smallest absolute Gasteiger partial charge is 0.410 e. The molecule has 0 unspecified atom stereocenters. The van der Waals surface area contributed by atoms with Crippen molar-refractivity contribution in [3.05, 3.63) is 47.5 Å². The molecule has 0 spiro atoms. The Morgan fingerprint density at radius 1 is 0.673 bits per heavy atom. The van der Waals surface area contributed by atoms with Crippen LogP contribution >= 0.6 is 11.6 Å². The average molecular weight is 790 g/mol. The summed E-state index contributed by atoms with van der Waals surface area (Å²) in [5, 5.41) is -0.502. The molecular formula is C42H64ClN3O9. The van der Waals surface area contributed by atoms with Crippen molar-refractivity contribution in [1.82, 2.24) is 14.7 Å². The third kappa shape index (κ3) is 15.5. The van der Waals surface area contributed by atoms with E-state index in [1.165, 1.54) is 12.0 Å². The van der Waals surface area contributed by atoms with Gasteiger partial charge in [-0.1, -0.05) is 6.07 Å². The Morgan fingerprint density at radius 3 is 1.53 bits per heavy atom. The van der Waals surface area contributed by atoms with E-state index < -0.39 is 16.6 Å². The van der Waals surface area contributed by atoms with E-state index in [-0.39, 0.29) is 18.1 Å². The van der Waals surface area contributed by atoms with Crippen LogP contribution in [0.15, 0.2) is 36.4 Å². The van der Waals surface area contributed by atoms with Gasteiger partial charge >= 0.3 is 17.6 Å². The molecule has 2 saturated heterocycles. The zero-order chi connectivity index (χ0) is 40.8. The quantitative estimate of drug-likeness (QED) is 0.153. The first-order valence-corrected chi connectivity index (χ1v) is 19.6. The first-order chi connectivity index (χ1) is 25.9. The molecule has 0 saturated carbocycles. The van der Waals surface area contributed by atoms with Crippen LogP contribution in [0.5, 0.6) is 23.0 Å². The monoisotopic (exact) mass is 789 g/mol. The molecule has 12 nitrogen and oxygen atoms in total. The predicted octanol–water partition coefficient (Wildman–Crippen LogP) is 9.19. The first kappa shape index (κ1) is 45.3. The molecule has 55 heavy (non-hydrogen) atoms. The molecule has 2 fully saturated rings. The number of halogens is 1. The summed E-state index contributed by atoms with van der Waals surface area (Å²) in [6.45, 7) is 15.0. The van der Waals surface area contributed by atoms with Crippen molar-refractivity contribution in [2.24, 2.45) is 11.8 Å². The minimum Gasteiger partial charge on any atom is -0.497 e. The lowest BCUT2D eigenvalue weighted by Gasteiger charge is -2.35. The normalized spacial score (nSPS) is 15.3. The number of ether oxygens (including phenoxy) is 6. The Hall–Kier alpha value is -4.06. The predicted molar refractivity (Wildman–Crippen MR) is 215 cm³/mol. The molecule has 4 rings (SSSR count). The highest BCUT2D eigenvalue weighted by molar-refractivity contribution is 6.62. The lowest BCUT2D eigenvalue weighted by atomic mass is 9.91. The van der Waals surface area contributed by atoms with Crippen LogP contribution in [0.3, 0.4) is 0 Å². The summed E-state index contributed by atoms with van der Waals surface area (Å²) in [5.41, 5.74) is 1.14. The minimum absolute atomic E-state index is 0.182. The third-order valence-electron chi connectivity index (χ3n) is 9.67. The number of carbonyl (C=O) groups excluding carboxylic acids is 3. The Bertz CT molecular complexity index is 1530. The molecule has 0 atom stereocenters. The van der Waals surface area contributed by atoms with E-state index in [1.807, 2.05) is 70.7 Å². The minimum atomic E-state index is -0.507. The summed E-state index contributed by atoms with van der Waals surface area (Å²) in [7, 11) is 6.53. The summed E-state index contributed by atoms with van der Waals surface area (Å²) >= 11 is 5.86. The number of nitrogens with zero attached hydrogens (tertiary/aromatic N) is 3. The van der Waals surface area contributed by atoms with Gasteiger partial charge in [0.1, 0.15) is 34.2 Å². The number of likely N-dealkylation sites (tertiary alicyclic amines) is 2. The highest BCUT2D eigenvalue weighted by Gasteiger charge is 2.29. The van der Waals surface area contributed by atoms with Gasteiger partial charge in [-0.15, -0.1) is 0 Å². The molecule has 2 aliphatic rings. The molecular weight excluding hydrogens is 726 g/mol. The van der Waals surface area contributed by atoms with Gasteiger partial charge in [0, 0.05) is 50.4 Å². The number of rotatable bonds is 12. The number of hydrogen-bond acceptors (Lipinski definition) is 9. The number of piperidine rings is 2. The molecule has 2 heterocycles. The number of hydrogen-bond donors (Lipinski definition) is 0. The number of amides is 3. The fraction of sp³-hybridized carbons (Fsp3) is 0.643. The van der Waals surface area contributed by atoms with Crippen LogP contribution in [0.25, 0.3) is 0 Å². The maximum absolute atomic E-state index is 12.2. The number of methoxy groups -OCH3 is 4. The third-order valence-corrected chi connectivity index (χ3v) is 9.91. The van der Waals surface area contributed by atoms with Crippen molar-refractivity contribution >= 4 is 29.2 Å². The Balaban J connectivity index is 0.000000297. The van der Waals surface area contributed by atoms with Gasteiger partial charge < -0.3 is 43.1 Å². The summed E-state index contributed by atoms with van der Waals surface area (Å²) in [5.74, 6) is 3.98. The van der Waals surface area contributed by atoms with Crippen LogP contribution in [0, 0.1) is 11.8 Å². The van der Waals surface area contributed by atoms with Gasteiger partial charge in [-0.05, 0) is 134 Å². The summed E-state index contributed by atoms with van der Waals surface area (Å²) < 4.78 is 32.2. The Kier molecular flexibility index (Phi) is 17.6. The van der Waals surface area contributed by atoms with Gasteiger partial charge in [0.05, 0.1) is 35.0 Å². The maximum atomic E-state index is 12.2. The molecule has 2 aromatic rings. The molecule has 2 aliphatic heterocycles. The SMILES string of the molecule is COc1ccc(CCCC2CCN(C(=O)OC(C)(C)C)CC2)c(OC)c1.COc1ccc(CN(CC2CCN(C(=O)OC(C)(C)C)CC2)C(=O)Cl)c(OC)c1. The fourth-order valence-electron chi connectivity index (χ4n) is 6.69. The van der Waals surface area contributed by atoms with Gasteiger partial charge in [0.15, 0.2) is 0 Å². The van der Waals surface area contributed by atoms with Crippen LogP contribution in [0.4, 0.5) is 14.4 Å². The largest absolute Gasteiger partial charge is 0.497 e. The Morgan fingerprint density at radius 2 is 1.11 bits per heavy atom. The van der Waals surface area contributed by atoms with Gasteiger partial charge in [-0.2, -0.15) is 0 Å². The number of benzene rings is 2. The summed E-state index contributed by atoms with van der Waals surface area (Å²) in [6.07, 6.45) is 6.52. The van der Waals surface area contributed by atoms with Gasteiger partial charge in [0.2, 0.25) is 0 Å². The van der Waals surface area contributed by atoms with E-state index in [9.17, 15) is 14.4 Å². The zero-order valence-electron chi connectivity index (χ0n) is 34.7. The highest BCUT2D eigenvalue weighted by atomic mass is 35.5. The van der Waals surface area contributed by atoms with E-state index in [0.29, 0.717) is 43.6 Å². The molecule has 0 aliphatic carbocycles. The molecule has 3 amide bonds. The molecule has 0 aromatic heterocycles. The average Bonchev–Trinajstić information content (AvgIpc) is 3.14. The van der Waals surface area contributed by atoms with Crippen LogP contribution in [-0.2, 0) is 22.4 Å². The van der Waals surface area contributed by atoms with Crippen LogP contribution in [-0.4, -0.2) is 105 Å². The summed E-state index contributed by atoms with van der Waals surface area (Å²) in [6, 6.07) is 11.5. The van der Waals surface area contributed by atoms with Crippen LogP contribution in [0.1, 0.15) is 91.2 Å². The van der Waals surface area contributed by atoms with E-state index >= 15 is 0 Å². The van der Waals surface area contributed by atoms with Crippen LogP contribution in [0.2, 0.25) is 0 Å². The molecule has 0 bridgehead atoms. The second-order valence-electron chi connectivity index (χ2n) is 16.2. The fourth-order valence-corrected chi connectivity index (χ4v) is 6.82. The van der Waals surface area contributed by atoms with Crippen molar-refractivity contribution < 1.29 is 42.8 Å². The van der Waals surface area contributed by atoms with Gasteiger partial charge in [-0.25, -0.2) is 9.59 Å². The van der Waals surface area contributed by atoms with E-state index in [4.69, 9.17) is 40.0 Å². The van der Waals surface area contributed by atoms with Gasteiger partial charge in [0.25, 0.3) is 0 Å². The first-order valence-electron chi connectivity index (χ1n) is 19.3. The topological polar surface area (TPSA) is 116 Å². The zero-order valence-corrected chi connectivity index (χ0v) is 35.5. The van der Waals surface area contributed by atoms with E-state index in [0.717, 1.165) is 68.7 Å². The second-order valence-corrected chi connectivity index (χ2v) is 16.5. The van der Waals surface area contributed by atoms with Crippen molar-refractivity contribution in [1.29, 1.82) is 0 Å².